The Morgan fingerprint density at radius 2 is 1.96 bits per heavy atom. The van der Waals surface area contributed by atoms with Crippen molar-refractivity contribution in [3.8, 4) is 0 Å². The highest BCUT2D eigenvalue weighted by molar-refractivity contribution is 5.89. The fourth-order valence-corrected chi connectivity index (χ4v) is 2.81. The van der Waals surface area contributed by atoms with Crippen LogP contribution in [0, 0.1) is 0 Å². The molecule has 0 aliphatic carbocycles. The Morgan fingerprint density at radius 1 is 1.24 bits per heavy atom. The topological polar surface area (TPSA) is 117 Å². The van der Waals surface area contributed by atoms with Crippen molar-refractivity contribution < 1.29 is 13.9 Å². The van der Waals surface area contributed by atoms with E-state index in [-0.39, 0.29) is 17.8 Å². The molecule has 0 bridgehead atoms. The molecule has 0 radical (unpaired) electrons. The van der Waals surface area contributed by atoms with E-state index in [1.54, 1.807) is 25.3 Å². The van der Waals surface area contributed by atoms with E-state index >= 15 is 0 Å². The van der Waals surface area contributed by atoms with Gasteiger partial charge < -0.3 is 20.6 Å². The Bertz CT molecular complexity index is 903. The molecule has 7 heteroatoms. The zero-order valence-electron chi connectivity index (χ0n) is 14.2. The van der Waals surface area contributed by atoms with Crippen LogP contribution in [-0.2, 0) is 11.2 Å². The number of ether oxygens (including phenoxy) is 1. The van der Waals surface area contributed by atoms with Crippen LogP contribution in [0.2, 0.25) is 0 Å². The molecule has 1 atom stereocenters. The van der Waals surface area contributed by atoms with Crippen LogP contribution in [0.4, 0.5) is 11.8 Å². The largest absolute Gasteiger partial charge is 0.462 e. The summed E-state index contributed by atoms with van der Waals surface area (Å²) in [6, 6.07) is 7.40. The standard InChI is InChI=1S/C18H20N4O3/c1-3-24-17(23)12-6-4-11(5-7-12)10(2)8-13-9-25-16-14(13)15(19)21-18(20)22-16/h4-7,9-10H,3,8H2,1-2H3,(H4,19,20,21,22). The third-order valence-corrected chi connectivity index (χ3v) is 4.07. The Morgan fingerprint density at radius 3 is 2.64 bits per heavy atom. The summed E-state index contributed by atoms with van der Waals surface area (Å²) in [5.41, 5.74) is 14.5. The number of carbonyl (C=O) groups is 1. The fourth-order valence-electron chi connectivity index (χ4n) is 2.81. The minimum Gasteiger partial charge on any atom is -0.462 e. The molecule has 0 amide bonds. The number of benzene rings is 1. The van der Waals surface area contributed by atoms with Crippen molar-refractivity contribution in [3.05, 3.63) is 47.2 Å². The van der Waals surface area contributed by atoms with E-state index in [4.69, 9.17) is 20.6 Å². The third-order valence-electron chi connectivity index (χ3n) is 4.07. The van der Waals surface area contributed by atoms with E-state index in [0.29, 0.717) is 35.5 Å². The average Bonchev–Trinajstić information content (AvgIpc) is 2.98. The molecule has 130 valence electrons. The van der Waals surface area contributed by atoms with E-state index in [9.17, 15) is 4.79 Å². The van der Waals surface area contributed by atoms with Crippen molar-refractivity contribution in [1.82, 2.24) is 9.97 Å². The van der Waals surface area contributed by atoms with Crippen LogP contribution in [0.25, 0.3) is 11.1 Å². The number of carbonyl (C=O) groups excluding carboxylic acids is 1. The van der Waals surface area contributed by atoms with Crippen molar-refractivity contribution in [2.45, 2.75) is 26.2 Å². The maximum atomic E-state index is 11.7. The predicted octanol–water partition coefficient (Wildman–Crippen LogP) is 2.91. The Balaban J connectivity index is 1.81. The first-order valence-corrected chi connectivity index (χ1v) is 8.05. The first kappa shape index (κ1) is 16.8. The number of furan rings is 1. The highest BCUT2D eigenvalue weighted by atomic mass is 16.5. The van der Waals surface area contributed by atoms with Crippen LogP contribution in [-0.4, -0.2) is 22.5 Å². The fraction of sp³-hybridized carbons (Fsp3) is 0.278. The van der Waals surface area contributed by atoms with Gasteiger partial charge in [0.05, 0.1) is 23.8 Å². The first-order valence-electron chi connectivity index (χ1n) is 8.05. The lowest BCUT2D eigenvalue weighted by atomic mass is 9.93. The van der Waals surface area contributed by atoms with Crippen molar-refractivity contribution in [2.75, 3.05) is 18.1 Å². The number of rotatable bonds is 5. The van der Waals surface area contributed by atoms with E-state index in [1.807, 2.05) is 12.1 Å². The number of nitrogen functional groups attached to an aromatic ring is 2. The van der Waals surface area contributed by atoms with Crippen molar-refractivity contribution in [2.24, 2.45) is 0 Å². The Kier molecular flexibility index (Phi) is 4.56. The molecule has 0 fully saturated rings. The number of aromatic nitrogens is 2. The van der Waals surface area contributed by atoms with Gasteiger partial charge in [0.15, 0.2) is 0 Å². The van der Waals surface area contributed by atoms with Gasteiger partial charge in [0.1, 0.15) is 5.82 Å². The monoisotopic (exact) mass is 340 g/mol. The van der Waals surface area contributed by atoms with Crippen LogP contribution in [0.5, 0.6) is 0 Å². The highest BCUT2D eigenvalue weighted by Crippen LogP contribution is 2.29. The van der Waals surface area contributed by atoms with Crippen molar-refractivity contribution in [3.63, 3.8) is 0 Å². The van der Waals surface area contributed by atoms with Gasteiger partial charge in [-0.2, -0.15) is 9.97 Å². The second-order valence-electron chi connectivity index (χ2n) is 5.86. The second kappa shape index (κ2) is 6.80. The molecule has 0 aliphatic rings. The normalized spacial score (nSPS) is 12.2. The van der Waals surface area contributed by atoms with Gasteiger partial charge in [-0.25, -0.2) is 4.79 Å². The van der Waals surface area contributed by atoms with Crippen LogP contribution < -0.4 is 11.5 Å². The average molecular weight is 340 g/mol. The molecule has 4 N–H and O–H groups in total. The lowest BCUT2D eigenvalue weighted by molar-refractivity contribution is 0.0526. The van der Waals surface area contributed by atoms with Gasteiger partial charge in [-0.1, -0.05) is 19.1 Å². The summed E-state index contributed by atoms with van der Waals surface area (Å²) in [4.78, 5) is 19.8. The molecule has 2 heterocycles. The van der Waals surface area contributed by atoms with E-state index < -0.39 is 0 Å². The van der Waals surface area contributed by atoms with Crippen LogP contribution in [0.15, 0.2) is 34.9 Å². The number of fused-ring (bicyclic) bond motifs is 1. The van der Waals surface area contributed by atoms with Gasteiger partial charge in [0, 0.05) is 5.56 Å². The van der Waals surface area contributed by atoms with Crippen LogP contribution >= 0.6 is 0 Å². The summed E-state index contributed by atoms with van der Waals surface area (Å²) < 4.78 is 10.4. The Hall–Kier alpha value is -3.09. The van der Waals surface area contributed by atoms with Crippen LogP contribution in [0.3, 0.4) is 0 Å². The predicted molar refractivity (Wildman–Crippen MR) is 95.1 cm³/mol. The molecule has 3 aromatic rings. The summed E-state index contributed by atoms with van der Waals surface area (Å²) in [5.74, 6) is 0.281. The van der Waals surface area contributed by atoms with Gasteiger partial charge in [-0.3, -0.25) is 0 Å². The zero-order chi connectivity index (χ0) is 18.0. The third kappa shape index (κ3) is 3.40. The van der Waals surface area contributed by atoms with E-state index in [1.165, 1.54) is 0 Å². The molecular weight excluding hydrogens is 320 g/mol. The van der Waals surface area contributed by atoms with Crippen molar-refractivity contribution in [1.29, 1.82) is 0 Å². The van der Waals surface area contributed by atoms with Crippen LogP contribution in [0.1, 0.15) is 41.3 Å². The number of nitrogens with two attached hydrogens (primary N) is 2. The molecule has 25 heavy (non-hydrogen) atoms. The number of hydrogen-bond acceptors (Lipinski definition) is 7. The molecule has 0 spiro atoms. The zero-order valence-corrected chi connectivity index (χ0v) is 14.2. The smallest absolute Gasteiger partial charge is 0.338 e. The summed E-state index contributed by atoms with van der Waals surface area (Å²) in [6.07, 6.45) is 2.34. The number of anilines is 2. The van der Waals surface area contributed by atoms with E-state index in [0.717, 1.165) is 11.1 Å². The first-order chi connectivity index (χ1) is 12.0. The van der Waals surface area contributed by atoms with Gasteiger partial charge in [0.2, 0.25) is 11.7 Å². The maximum absolute atomic E-state index is 11.7. The molecular formula is C18H20N4O3. The summed E-state index contributed by atoms with van der Waals surface area (Å²) >= 11 is 0. The minimum absolute atomic E-state index is 0.0912. The molecule has 1 unspecified atom stereocenters. The van der Waals surface area contributed by atoms with Crippen molar-refractivity contribution >= 4 is 28.8 Å². The number of nitrogens with zero attached hydrogens (tertiary/aromatic N) is 2. The summed E-state index contributed by atoms with van der Waals surface area (Å²) in [7, 11) is 0. The lowest BCUT2D eigenvalue weighted by Gasteiger charge is -2.12. The molecule has 0 aliphatic heterocycles. The molecule has 0 saturated heterocycles. The molecule has 7 nitrogen and oxygen atoms in total. The Labute approximate surface area is 145 Å². The summed E-state index contributed by atoms with van der Waals surface area (Å²) in [5, 5.41) is 0.698. The van der Waals surface area contributed by atoms with Gasteiger partial charge >= 0.3 is 5.97 Å². The molecule has 2 aromatic heterocycles. The van der Waals surface area contributed by atoms with Gasteiger partial charge in [-0.05, 0) is 37.0 Å². The lowest BCUT2D eigenvalue weighted by Crippen LogP contribution is -2.05. The number of hydrogen-bond donors (Lipinski definition) is 2. The van der Waals surface area contributed by atoms with E-state index in [2.05, 4.69) is 16.9 Å². The van der Waals surface area contributed by atoms with Gasteiger partial charge in [0.25, 0.3) is 0 Å². The quantitative estimate of drug-likeness (QED) is 0.686. The molecule has 3 rings (SSSR count). The molecule has 0 saturated carbocycles. The SMILES string of the molecule is CCOC(=O)c1ccc(C(C)Cc2coc3nc(N)nc(N)c23)cc1. The van der Waals surface area contributed by atoms with Gasteiger partial charge in [-0.15, -0.1) is 0 Å². The maximum Gasteiger partial charge on any atom is 0.338 e. The highest BCUT2D eigenvalue weighted by Gasteiger charge is 2.16. The number of esters is 1. The molecule has 1 aromatic carbocycles. The second-order valence-corrected chi connectivity index (χ2v) is 5.86. The summed E-state index contributed by atoms with van der Waals surface area (Å²) in [6.45, 7) is 4.23. The minimum atomic E-state index is -0.315.